The molecule has 0 heterocycles. The molecular formula is C87H167N4O32+. The fourth-order valence-corrected chi connectivity index (χ4v) is 9.01. The molecule has 36 heteroatoms. The molecule has 0 spiro atoms. The first-order chi connectivity index (χ1) is 59.4. The number of nitrogens with zero attached hydrogens (tertiary/aromatic N) is 1. The number of hydrogen-bond acceptors (Lipinski definition) is 31. The molecule has 36 nitrogen and oxygen atoms in total. The predicted molar refractivity (Wildman–Crippen MR) is 464 cm³/mol. The van der Waals surface area contributed by atoms with Gasteiger partial charge in [0.15, 0.2) is 0 Å². The number of ether oxygens (including phenoxy) is 20. The number of nitrogens with two attached hydrogens (primary N) is 1. The number of carboxylic acids is 2. The van der Waals surface area contributed by atoms with Crippen LogP contribution in [-0.2, 0) is 143 Å². The number of esters is 2. The van der Waals surface area contributed by atoms with Crippen LogP contribution in [0.1, 0.15) is 190 Å². The summed E-state index contributed by atoms with van der Waals surface area (Å²) >= 11 is 0. The van der Waals surface area contributed by atoms with Crippen LogP contribution >= 0.6 is 0 Å². The van der Waals surface area contributed by atoms with E-state index in [4.69, 9.17) is 113 Å². The normalized spacial score (nSPS) is 12.5. The number of quaternary nitrogens is 1. The molecule has 0 aliphatic rings. The Morgan fingerprint density at radius 2 is 0.691 bits per heavy atom. The third-order valence-electron chi connectivity index (χ3n) is 15.8. The summed E-state index contributed by atoms with van der Waals surface area (Å²) in [6, 6.07) is -0.950. The Bertz CT molecular complexity index is 2630. The van der Waals surface area contributed by atoms with E-state index >= 15 is 0 Å². The third kappa shape index (κ3) is 109. The van der Waals surface area contributed by atoms with Crippen molar-refractivity contribution in [1.29, 1.82) is 0 Å². The van der Waals surface area contributed by atoms with Crippen LogP contribution in [0.3, 0.4) is 0 Å². The molecule has 0 saturated heterocycles. The number of aliphatic carboxylic acids is 2. The second kappa shape index (κ2) is 91.2. The topological polar surface area (TPSA) is 446 Å². The number of likely N-dealkylation sites (N-methyl/N-ethyl adjacent to an activating group) is 1. The van der Waals surface area contributed by atoms with Gasteiger partial charge in [0.2, 0.25) is 11.8 Å². The van der Waals surface area contributed by atoms with Gasteiger partial charge in [0.25, 0.3) is 0 Å². The van der Waals surface area contributed by atoms with Gasteiger partial charge in [0, 0.05) is 65.6 Å². The molecule has 2 amide bonds. The molecular weight excluding hydrogens is 1610 g/mol. The summed E-state index contributed by atoms with van der Waals surface area (Å²) in [5.41, 5.74) is 4.64. The average molecular weight is 1780 g/mol. The van der Waals surface area contributed by atoms with Crippen molar-refractivity contribution in [3.63, 3.8) is 0 Å². The summed E-state index contributed by atoms with van der Waals surface area (Å²) in [6.07, 6.45) is 6.54. The van der Waals surface area contributed by atoms with Crippen molar-refractivity contribution in [2.24, 2.45) is 17.6 Å². The molecule has 0 aromatic heterocycles. The van der Waals surface area contributed by atoms with Crippen molar-refractivity contribution in [3.8, 4) is 0 Å². The fraction of sp³-hybridized carbons (Fsp3) is 0.862. The summed E-state index contributed by atoms with van der Waals surface area (Å²) in [6.45, 7) is 44.6. The summed E-state index contributed by atoms with van der Waals surface area (Å²) in [5, 5.41) is 22.2. The van der Waals surface area contributed by atoms with Gasteiger partial charge in [-0.05, 0) is 88.0 Å². The largest absolute Gasteiger partial charge is 0.481 e. The average Bonchev–Trinajstić information content (AvgIpc) is 0.891. The van der Waals surface area contributed by atoms with Gasteiger partial charge < -0.3 is 126 Å². The van der Waals surface area contributed by atoms with Gasteiger partial charge in [-0.15, -0.1) is 0 Å². The maximum absolute atomic E-state index is 12.9. The van der Waals surface area contributed by atoms with Crippen molar-refractivity contribution in [3.05, 3.63) is 12.2 Å². The summed E-state index contributed by atoms with van der Waals surface area (Å²) in [5.74, 6) is -3.75. The quantitative estimate of drug-likeness (QED) is 0.0171. The molecule has 0 aliphatic carbocycles. The number of Topliss-reactive ketones (excluding diaryl/α,β-unsaturated/α-hetero) is 4. The molecule has 0 bridgehead atoms. The Balaban J connectivity index is -0.000000545. The highest BCUT2D eigenvalue weighted by atomic mass is 16.6. The van der Waals surface area contributed by atoms with Gasteiger partial charge in [-0.3, -0.25) is 47.9 Å². The van der Waals surface area contributed by atoms with Crippen LogP contribution in [0.25, 0.3) is 0 Å². The van der Waals surface area contributed by atoms with E-state index in [-0.39, 0.29) is 104 Å². The van der Waals surface area contributed by atoms with Crippen LogP contribution in [0.5, 0.6) is 0 Å². The minimum atomic E-state index is -0.950. The molecule has 123 heavy (non-hydrogen) atoms. The minimum absolute atomic E-state index is 0.0182. The molecule has 0 fully saturated rings. The predicted octanol–water partition coefficient (Wildman–Crippen LogP) is 7.41. The van der Waals surface area contributed by atoms with Crippen molar-refractivity contribution in [2.75, 3.05) is 278 Å². The number of nitrogens with one attached hydrogen (secondary N) is 2. The number of hydrogen-bond donors (Lipinski definition) is 5. The Morgan fingerprint density at radius 1 is 0.407 bits per heavy atom. The standard InChI is InChI=1S/C33H61N3O11.C26H48O10.C19H39NO8.C6H10O3.C3H8/c1-6-7-8-13-36(4,5)14-12-34-33(41)30(35-32(40)28(2)3)27-29(37)10-9-15-42-17-19-44-21-23-46-25-26-47-24-22-45-20-18-43-16-11-31(38)39;1-22(23(2)27)21-24(28)7-6-9-30-11-13-32-15-17-34-19-20-35-18-16-33-14-12-31-10-8-25(29)36-26(3,4)5;1-19(2,3)28-18(21)4-6-22-8-10-24-12-14-26-16-17-27-15-13-25-11-9-23-7-5-20;1-4(5(2)7)3-6(8)9;1-3-2/h30H,2,6-27H2,1,3-5H3,(H2-,34,35,38,39,40,41);22H,6-21H2,1-5H3;4-17,20H2,1-3H3;4H,3H2,1-2H3,(H,8,9);3H2,1-2H3/p+1/t30-;;;4-;/m1..1./s1/i;;;;1TD. The number of rotatable bonds is 82. The maximum atomic E-state index is 12.9. The lowest BCUT2D eigenvalue weighted by Gasteiger charge is -2.30. The van der Waals surface area contributed by atoms with Crippen LogP contribution in [0, 0.1) is 11.8 Å². The smallest absolute Gasteiger partial charge is 0.308 e. The van der Waals surface area contributed by atoms with E-state index in [0.29, 0.717) is 276 Å². The van der Waals surface area contributed by atoms with Gasteiger partial charge in [-0.1, -0.05) is 54.0 Å². The maximum Gasteiger partial charge on any atom is 0.308 e. The fourth-order valence-electron chi connectivity index (χ4n) is 9.01. The number of ketones is 4. The van der Waals surface area contributed by atoms with E-state index in [1.54, 1.807) is 20.8 Å². The van der Waals surface area contributed by atoms with Crippen molar-refractivity contribution in [2.45, 2.75) is 204 Å². The summed E-state index contributed by atoms with van der Waals surface area (Å²) < 4.78 is 121. The third-order valence-corrected chi connectivity index (χ3v) is 15.8. The Morgan fingerprint density at radius 3 is 0.951 bits per heavy atom. The lowest BCUT2D eigenvalue weighted by Crippen LogP contribution is -2.51. The highest BCUT2D eigenvalue weighted by molar-refractivity contribution is 5.98. The first-order valence-corrected chi connectivity index (χ1v) is 43.3. The molecule has 4 atom stereocenters. The number of unbranched alkanes of at least 4 members (excludes halogenated alkanes) is 2. The van der Waals surface area contributed by atoms with E-state index in [0.717, 1.165) is 30.4 Å². The number of amides is 2. The molecule has 726 valence electrons. The van der Waals surface area contributed by atoms with Gasteiger partial charge in [-0.2, -0.15) is 0 Å². The zero-order chi connectivity index (χ0) is 94.9. The van der Waals surface area contributed by atoms with E-state index in [9.17, 15) is 47.9 Å². The van der Waals surface area contributed by atoms with Crippen LogP contribution in [-0.4, -0.2) is 369 Å². The molecule has 0 saturated carbocycles. The van der Waals surface area contributed by atoms with Gasteiger partial charge in [-0.25, -0.2) is 0 Å². The van der Waals surface area contributed by atoms with Crippen LogP contribution in [0.4, 0.5) is 0 Å². The van der Waals surface area contributed by atoms with E-state index < -0.39 is 42.0 Å². The van der Waals surface area contributed by atoms with Gasteiger partial charge in [0.05, 0.1) is 284 Å². The second-order valence-corrected chi connectivity index (χ2v) is 30.5. The molecule has 0 rings (SSSR count). The minimum Gasteiger partial charge on any atom is -0.481 e. The lowest BCUT2D eigenvalue weighted by atomic mass is 9.99. The Kier molecular flexibility index (Phi) is 90.1. The SMILES string of the molecule is C=C(C)C(=O)N[C@H](CC(=O)CCCOCCOCCOCCOCCOCCOCCC(=O)O)C(=O)NCC[N+](C)(C)CCCCC.CC(=O)C(C)CC(=O)CCCOCCOCCOCCOCCOCCOCCC(=O)OC(C)(C)C.CC(=O)[C@H](C)CC(=O)O.CC(C)(C)OC(=O)CCOCCOCCOCCOCCOCCOCCN.[2H]C([3H])CC. The van der Waals surface area contributed by atoms with Crippen molar-refractivity contribution >= 4 is 58.8 Å². The Labute approximate surface area is 738 Å². The molecule has 6 N–H and O–H groups in total. The molecule has 0 radical (unpaired) electrons. The highest BCUT2D eigenvalue weighted by Gasteiger charge is 2.26. The second-order valence-electron chi connectivity index (χ2n) is 30.5. The zero-order valence-corrected chi connectivity index (χ0v) is 77.9. The monoisotopic (exact) mass is 1780 g/mol. The van der Waals surface area contributed by atoms with Gasteiger partial charge in [0.1, 0.15) is 40.4 Å². The first kappa shape index (κ1) is 122. The number of carboxylic acid groups (broad SMARTS) is 2. The van der Waals surface area contributed by atoms with E-state index in [1.165, 1.54) is 20.3 Å². The summed E-state index contributed by atoms with van der Waals surface area (Å²) in [4.78, 5) is 114. The highest BCUT2D eigenvalue weighted by Crippen LogP contribution is 2.12. The molecule has 2 unspecified atom stereocenters. The zero-order valence-electron chi connectivity index (χ0n) is 79.9. The van der Waals surface area contributed by atoms with Crippen molar-refractivity contribution < 1.29 is 160 Å². The Hall–Kier alpha value is -5.56. The number of carbonyl (C=O) groups is 10. The van der Waals surface area contributed by atoms with Crippen LogP contribution < -0.4 is 16.4 Å². The molecule has 0 aromatic rings. The molecule has 0 aromatic carbocycles. The van der Waals surface area contributed by atoms with Crippen LogP contribution in [0.15, 0.2) is 12.2 Å². The molecule has 0 aliphatic heterocycles. The van der Waals surface area contributed by atoms with Crippen LogP contribution in [0.2, 0.25) is 0 Å². The van der Waals surface area contributed by atoms with Gasteiger partial charge >= 0.3 is 23.9 Å². The lowest BCUT2D eigenvalue weighted by molar-refractivity contribution is -0.889. The van der Waals surface area contributed by atoms with E-state index in [2.05, 4.69) is 38.2 Å². The van der Waals surface area contributed by atoms with Crippen molar-refractivity contribution in [1.82, 2.24) is 10.6 Å². The summed E-state index contributed by atoms with van der Waals surface area (Å²) in [7, 11) is 4.26. The van der Waals surface area contributed by atoms with E-state index in [1.807, 2.05) is 48.5 Å². The first-order valence-electron chi connectivity index (χ1n) is 44.4. The number of carbonyl (C=O) groups excluding carboxylic acids is 8.